The highest BCUT2D eigenvalue weighted by Crippen LogP contribution is 2.23. The highest BCUT2D eigenvalue weighted by Gasteiger charge is 2.15. The van der Waals surface area contributed by atoms with Gasteiger partial charge in [0.25, 0.3) is 0 Å². The molecule has 0 saturated carbocycles. The van der Waals surface area contributed by atoms with E-state index >= 15 is 0 Å². The Balaban J connectivity index is 2.44. The lowest BCUT2D eigenvalue weighted by molar-refractivity contribution is -0.142. The zero-order chi connectivity index (χ0) is 17.9. The van der Waals surface area contributed by atoms with E-state index in [4.69, 9.17) is 4.74 Å². The van der Waals surface area contributed by atoms with Crippen LogP contribution in [-0.4, -0.2) is 16.6 Å². The van der Waals surface area contributed by atoms with Crippen LogP contribution in [0.3, 0.4) is 0 Å². The van der Waals surface area contributed by atoms with Crippen molar-refractivity contribution in [2.75, 3.05) is 0 Å². The number of nitriles is 1. The number of esters is 1. The van der Waals surface area contributed by atoms with Crippen molar-refractivity contribution in [2.45, 2.75) is 33.8 Å². The molecule has 0 bridgehead atoms. The van der Waals surface area contributed by atoms with Crippen LogP contribution < -0.4 is 0 Å². The number of carbonyl (C=O) groups excluding carboxylic acids is 1. The third-order valence-electron chi connectivity index (χ3n) is 3.54. The molecule has 2 rings (SSSR count). The quantitative estimate of drug-likeness (QED) is 0.307. The highest BCUT2D eigenvalue weighted by molar-refractivity contribution is 14.1. The molecule has 0 amide bonds. The number of halogens is 1. The lowest BCUT2D eigenvalue weighted by Gasteiger charge is -2.10. The molecule has 0 aliphatic carbocycles. The van der Waals surface area contributed by atoms with Crippen molar-refractivity contribution in [3.63, 3.8) is 0 Å². The first-order valence-corrected chi connectivity index (χ1v) is 8.69. The van der Waals surface area contributed by atoms with Crippen molar-refractivity contribution in [3.8, 4) is 11.8 Å². The molecule has 24 heavy (non-hydrogen) atoms. The second-order valence-electron chi connectivity index (χ2n) is 5.76. The van der Waals surface area contributed by atoms with Crippen LogP contribution in [0.2, 0.25) is 0 Å². The maximum atomic E-state index is 12.0. The topological polar surface area (TPSA) is 55.0 Å². The molecule has 5 heteroatoms. The molecule has 0 fully saturated rings. The lowest BCUT2D eigenvalue weighted by atomic mass is 10.1. The smallest absolute Gasteiger partial charge is 0.349 e. The van der Waals surface area contributed by atoms with Crippen LogP contribution in [0, 0.1) is 28.7 Å². The van der Waals surface area contributed by atoms with E-state index in [-0.39, 0.29) is 11.7 Å². The van der Waals surface area contributed by atoms with Crippen molar-refractivity contribution >= 4 is 34.6 Å². The van der Waals surface area contributed by atoms with Gasteiger partial charge in [0, 0.05) is 20.6 Å². The van der Waals surface area contributed by atoms with Crippen LogP contribution in [0.4, 0.5) is 0 Å². The molecule has 1 heterocycles. The summed E-state index contributed by atoms with van der Waals surface area (Å²) in [5.74, 6) is -0.591. The molecular weight excluding hydrogens is 415 g/mol. The number of carbonyl (C=O) groups is 1. The summed E-state index contributed by atoms with van der Waals surface area (Å²) in [4.78, 5) is 12.0. The fourth-order valence-corrected chi connectivity index (χ4v) is 2.85. The largest absolute Gasteiger partial charge is 0.459 e. The molecule has 0 atom stereocenters. The minimum atomic E-state index is -0.591. The molecule has 0 spiro atoms. The van der Waals surface area contributed by atoms with E-state index in [0.717, 1.165) is 22.6 Å². The Kier molecular flexibility index (Phi) is 5.84. The van der Waals surface area contributed by atoms with Crippen LogP contribution in [0.1, 0.15) is 30.8 Å². The average molecular weight is 434 g/mol. The summed E-state index contributed by atoms with van der Waals surface area (Å²) in [6.07, 6.45) is 1.34. The van der Waals surface area contributed by atoms with Gasteiger partial charge in [-0.05, 0) is 92.3 Å². The van der Waals surface area contributed by atoms with Gasteiger partial charge in [-0.25, -0.2) is 4.79 Å². The lowest BCUT2D eigenvalue weighted by Crippen LogP contribution is -2.12. The molecule has 1 aromatic carbocycles. The van der Waals surface area contributed by atoms with Gasteiger partial charge in [0.2, 0.25) is 0 Å². The first-order chi connectivity index (χ1) is 11.3. The van der Waals surface area contributed by atoms with E-state index < -0.39 is 5.97 Å². The van der Waals surface area contributed by atoms with Crippen LogP contribution in [0.25, 0.3) is 11.8 Å². The maximum Gasteiger partial charge on any atom is 0.349 e. The Morgan fingerprint density at radius 3 is 2.46 bits per heavy atom. The fourth-order valence-electron chi connectivity index (χ4n) is 2.49. The van der Waals surface area contributed by atoms with Crippen molar-refractivity contribution in [1.29, 1.82) is 5.26 Å². The normalized spacial score (nSPS) is 11.5. The molecule has 0 saturated heterocycles. The van der Waals surface area contributed by atoms with E-state index in [1.165, 1.54) is 3.57 Å². The number of aryl methyl sites for hydroxylation is 1. The van der Waals surface area contributed by atoms with Crippen LogP contribution >= 0.6 is 22.6 Å². The predicted octanol–water partition coefficient (Wildman–Crippen LogP) is 4.56. The van der Waals surface area contributed by atoms with Crippen LogP contribution in [0.15, 0.2) is 35.9 Å². The number of aromatic nitrogens is 1. The number of hydrogen-bond acceptors (Lipinski definition) is 3. The molecule has 1 aromatic heterocycles. The molecular formula is C19H19IN2O2. The minimum absolute atomic E-state index is 0.00607. The van der Waals surface area contributed by atoms with E-state index in [1.807, 2.05) is 50.2 Å². The van der Waals surface area contributed by atoms with Crippen molar-refractivity contribution in [2.24, 2.45) is 0 Å². The molecule has 0 N–H and O–H groups in total. The summed E-state index contributed by atoms with van der Waals surface area (Å²) in [5, 5.41) is 9.26. The third-order valence-corrected chi connectivity index (χ3v) is 4.26. The Morgan fingerprint density at radius 1 is 1.29 bits per heavy atom. The SMILES string of the molecule is Cc1cc(C=C(C#N)C(=O)OC(C)C)c(C)n1-c1ccc(I)cc1. The predicted molar refractivity (Wildman–Crippen MR) is 103 cm³/mol. The molecule has 124 valence electrons. The van der Waals surface area contributed by atoms with Gasteiger partial charge in [0.15, 0.2) is 0 Å². The van der Waals surface area contributed by atoms with E-state index in [2.05, 4.69) is 27.2 Å². The van der Waals surface area contributed by atoms with Gasteiger partial charge in [0.1, 0.15) is 11.6 Å². The number of benzene rings is 1. The summed E-state index contributed by atoms with van der Waals surface area (Å²) in [7, 11) is 0. The number of nitrogens with zero attached hydrogens (tertiary/aromatic N) is 2. The summed E-state index contributed by atoms with van der Waals surface area (Å²) in [5.41, 5.74) is 3.90. The van der Waals surface area contributed by atoms with Gasteiger partial charge in [-0.2, -0.15) is 5.26 Å². The van der Waals surface area contributed by atoms with Gasteiger partial charge >= 0.3 is 5.97 Å². The van der Waals surface area contributed by atoms with Crippen molar-refractivity contribution < 1.29 is 9.53 Å². The second kappa shape index (κ2) is 7.67. The Hall–Kier alpha value is -2.07. The molecule has 2 aromatic rings. The molecule has 0 unspecified atom stereocenters. The van der Waals surface area contributed by atoms with E-state index in [1.54, 1.807) is 19.9 Å². The molecule has 0 aliphatic rings. The molecule has 4 nitrogen and oxygen atoms in total. The minimum Gasteiger partial charge on any atom is -0.459 e. The van der Waals surface area contributed by atoms with Gasteiger partial charge < -0.3 is 9.30 Å². The highest BCUT2D eigenvalue weighted by atomic mass is 127. The molecule has 0 aliphatic heterocycles. The van der Waals surface area contributed by atoms with Gasteiger partial charge in [0.05, 0.1) is 6.10 Å². The second-order valence-corrected chi connectivity index (χ2v) is 7.01. The standard InChI is InChI=1S/C19H19IN2O2/c1-12(2)24-19(23)16(11-21)10-15-9-13(3)22(14(15)4)18-7-5-17(20)6-8-18/h5-10,12H,1-4H3. The average Bonchev–Trinajstić information content (AvgIpc) is 2.79. The van der Waals surface area contributed by atoms with Gasteiger partial charge in [-0.1, -0.05) is 0 Å². The number of rotatable bonds is 4. The monoisotopic (exact) mass is 434 g/mol. The zero-order valence-electron chi connectivity index (χ0n) is 14.1. The zero-order valence-corrected chi connectivity index (χ0v) is 16.3. The Morgan fingerprint density at radius 2 is 1.92 bits per heavy atom. The van der Waals surface area contributed by atoms with Crippen LogP contribution in [0.5, 0.6) is 0 Å². The Bertz CT molecular complexity index is 824. The van der Waals surface area contributed by atoms with E-state index in [0.29, 0.717) is 0 Å². The number of hydrogen-bond donors (Lipinski definition) is 0. The van der Waals surface area contributed by atoms with E-state index in [9.17, 15) is 10.1 Å². The Labute approximate surface area is 155 Å². The molecule has 0 radical (unpaired) electrons. The summed E-state index contributed by atoms with van der Waals surface area (Å²) >= 11 is 2.27. The summed E-state index contributed by atoms with van der Waals surface area (Å²) < 4.78 is 8.38. The summed E-state index contributed by atoms with van der Waals surface area (Å²) in [6.45, 7) is 7.49. The van der Waals surface area contributed by atoms with Gasteiger partial charge in [-0.15, -0.1) is 0 Å². The first kappa shape index (κ1) is 18.3. The van der Waals surface area contributed by atoms with Crippen molar-refractivity contribution in [3.05, 3.63) is 56.4 Å². The van der Waals surface area contributed by atoms with Gasteiger partial charge in [-0.3, -0.25) is 0 Å². The maximum absolute atomic E-state index is 12.0. The first-order valence-electron chi connectivity index (χ1n) is 7.61. The number of ether oxygens (including phenoxy) is 1. The third kappa shape index (κ3) is 4.06. The summed E-state index contributed by atoms with van der Waals surface area (Å²) in [6, 6.07) is 12.1. The van der Waals surface area contributed by atoms with Crippen LogP contribution in [-0.2, 0) is 9.53 Å². The fraction of sp³-hybridized carbons (Fsp3) is 0.263. The van der Waals surface area contributed by atoms with Crippen molar-refractivity contribution in [1.82, 2.24) is 4.57 Å².